The van der Waals surface area contributed by atoms with E-state index in [0.717, 1.165) is 0 Å². The van der Waals surface area contributed by atoms with Gasteiger partial charge in [-0.15, -0.1) is 0 Å². The molecule has 0 atom stereocenters. The molecule has 0 radical (unpaired) electrons. The molecule has 0 aliphatic rings. The molecule has 0 saturated heterocycles. The number of halogens is 3. The summed E-state index contributed by atoms with van der Waals surface area (Å²) in [5.41, 5.74) is 0.678. The molecular weight excluding hydrogens is 285 g/mol. The lowest BCUT2D eigenvalue weighted by molar-refractivity contribution is 0.426. The average molecular weight is 291 g/mol. The largest absolute Gasteiger partial charge is 0.491 e. The summed E-state index contributed by atoms with van der Waals surface area (Å²) in [6.07, 6.45) is 2.73. The van der Waals surface area contributed by atoms with Crippen molar-refractivity contribution in [3.63, 3.8) is 0 Å². The molecule has 0 fully saturated rings. The van der Waals surface area contributed by atoms with Gasteiger partial charge in [0, 0.05) is 22.9 Å². The third kappa shape index (κ3) is 2.59. The highest BCUT2D eigenvalue weighted by atomic mass is 35.5. The second-order valence-corrected chi connectivity index (χ2v) is 4.56. The minimum absolute atomic E-state index is 0.243. The van der Waals surface area contributed by atoms with Crippen LogP contribution in [0.2, 0.25) is 15.1 Å². The van der Waals surface area contributed by atoms with E-state index in [1.807, 2.05) is 0 Å². The molecule has 1 aromatic carbocycles. The van der Waals surface area contributed by atoms with E-state index in [1.54, 1.807) is 0 Å². The zero-order valence-corrected chi connectivity index (χ0v) is 10.6. The molecular formula is C9H6BCl3N2O2. The predicted molar refractivity (Wildman–Crippen MR) is 68.4 cm³/mol. The Morgan fingerprint density at radius 3 is 2.18 bits per heavy atom. The Hall–Kier alpha value is -0.715. The van der Waals surface area contributed by atoms with Gasteiger partial charge < -0.3 is 10.0 Å². The van der Waals surface area contributed by atoms with E-state index >= 15 is 0 Å². The van der Waals surface area contributed by atoms with Crippen LogP contribution in [0.3, 0.4) is 0 Å². The van der Waals surface area contributed by atoms with Crippen molar-refractivity contribution in [3.8, 4) is 5.69 Å². The van der Waals surface area contributed by atoms with Crippen LogP contribution in [0.5, 0.6) is 0 Å². The van der Waals surface area contributed by atoms with Crippen LogP contribution in [0, 0.1) is 0 Å². The van der Waals surface area contributed by atoms with Crippen molar-refractivity contribution in [1.82, 2.24) is 9.78 Å². The highest BCUT2D eigenvalue weighted by molar-refractivity contribution is 6.58. The van der Waals surface area contributed by atoms with Gasteiger partial charge in [0.1, 0.15) is 5.69 Å². The summed E-state index contributed by atoms with van der Waals surface area (Å²) >= 11 is 17.8. The first-order valence-corrected chi connectivity index (χ1v) is 5.68. The molecule has 4 nitrogen and oxygen atoms in total. The van der Waals surface area contributed by atoms with Gasteiger partial charge in [-0.2, -0.15) is 5.10 Å². The first-order chi connectivity index (χ1) is 7.99. The minimum atomic E-state index is -1.59. The highest BCUT2D eigenvalue weighted by Gasteiger charge is 2.16. The van der Waals surface area contributed by atoms with Crippen LogP contribution in [0.1, 0.15) is 0 Å². The van der Waals surface area contributed by atoms with E-state index < -0.39 is 7.12 Å². The standard InChI is InChI=1S/C9H6BCl3N2O2/c11-6-1-7(12)9(8(13)2-6)15-4-5(3-14-15)10(16)17/h1-4,16-17H. The number of benzene rings is 1. The fraction of sp³-hybridized carbons (Fsp3) is 0. The second-order valence-electron chi connectivity index (χ2n) is 3.31. The summed E-state index contributed by atoms with van der Waals surface area (Å²) in [6, 6.07) is 3.06. The Morgan fingerprint density at radius 1 is 1.12 bits per heavy atom. The first-order valence-electron chi connectivity index (χ1n) is 4.54. The monoisotopic (exact) mass is 290 g/mol. The Morgan fingerprint density at radius 2 is 1.71 bits per heavy atom. The van der Waals surface area contributed by atoms with Crippen molar-refractivity contribution < 1.29 is 10.0 Å². The van der Waals surface area contributed by atoms with E-state index in [9.17, 15) is 0 Å². The number of hydrogen-bond donors (Lipinski definition) is 2. The molecule has 8 heteroatoms. The summed E-state index contributed by atoms with van der Waals surface area (Å²) in [7, 11) is -1.59. The van der Waals surface area contributed by atoms with Gasteiger partial charge in [-0.1, -0.05) is 34.8 Å². The van der Waals surface area contributed by atoms with Crippen LogP contribution >= 0.6 is 34.8 Å². The SMILES string of the molecule is OB(O)c1cnn(-c2c(Cl)cc(Cl)cc2Cl)c1. The van der Waals surface area contributed by atoms with Crippen LogP contribution < -0.4 is 5.46 Å². The van der Waals surface area contributed by atoms with Gasteiger partial charge >= 0.3 is 7.12 Å². The molecule has 1 aromatic heterocycles. The summed E-state index contributed by atoms with van der Waals surface area (Å²) in [5, 5.41) is 23.0. The molecule has 17 heavy (non-hydrogen) atoms. The third-order valence-electron chi connectivity index (χ3n) is 2.11. The lowest BCUT2D eigenvalue weighted by Crippen LogP contribution is -2.28. The second kappa shape index (κ2) is 4.88. The van der Waals surface area contributed by atoms with Gasteiger partial charge in [0.05, 0.1) is 10.0 Å². The van der Waals surface area contributed by atoms with Gasteiger partial charge in [0.2, 0.25) is 0 Å². The minimum Gasteiger partial charge on any atom is -0.423 e. The van der Waals surface area contributed by atoms with E-state index in [4.69, 9.17) is 44.9 Å². The van der Waals surface area contributed by atoms with Crippen LogP contribution in [-0.2, 0) is 0 Å². The lowest BCUT2D eigenvalue weighted by Gasteiger charge is -2.07. The molecule has 0 saturated carbocycles. The number of nitrogens with zero attached hydrogens (tertiary/aromatic N) is 2. The lowest BCUT2D eigenvalue weighted by atomic mass is 9.83. The van der Waals surface area contributed by atoms with Crippen molar-refractivity contribution in [1.29, 1.82) is 0 Å². The van der Waals surface area contributed by atoms with E-state index in [0.29, 0.717) is 20.8 Å². The van der Waals surface area contributed by atoms with Crippen molar-refractivity contribution >= 4 is 47.4 Å². The maximum absolute atomic E-state index is 8.98. The maximum atomic E-state index is 8.98. The van der Waals surface area contributed by atoms with Crippen LogP contribution in [0.15, 0.2) is 24.5 Å². The Balaban J connectivity index is 2.52. The summed E-state index contributed by atoms with van der Waals surface area (Å²) in [6.45, 7) is 0. The van der Waals surface area contributed by atoms with Gasteiger partial charge in [0.25, 0.3) is 0 Å². The molecule has 0 aliphatic carbocycles. The van der Waals surface area contributed by atoms with Crippen LogP contribution in [0.4, 0.5) is 0 Å². The molecule has 0 bridgehead atoms. The topological polar surface area (TPSA) is 58.3 Å². The number of aromatic nitrogens is 2. The molecule has 2 N–H and O–H groups in total. The quantitative estimate of drug-likeness (QED) is 0.825. The molecule has 0 amide bonds. The van der Waals surface area contributed by atoms with E-state index in [-0.39, 0.29) is 5.46 Å². The first kappa shape index (κ1) is 12.7. The van der Waals surface area contributed by atoms with Crippen molar-refractivity contribution in [2.24, 2.45) is 0 Å². The summed E-state index contributed by atoms with van der Waals surface area (Å²) < 4.78 is 1.36. The van der Waals surface area contributed by atoms with Gasteiger partial charge in [0.15, 0.2) is 0 Å². The molecule has 0 aliphatic heterocycles. The normalized spacial score (nSPS) is 10.6. The smallest absolute Gasteiger partial charge is 0.423 e. The van der Waals surface area contributed by atoms with E-state index in [2.05, 4.69) is 5.10 Å². The number of rotatable bonds is 2. The highest BCUT2D eigenvalue weighted by Crippen LogP contribution is 2.31. The van der Waals surface area contributed by atoms with Crippen molar-refractivity contribution in [3.05, 3.63) is 39.6 Å². The molecule has 88 valence electrons. The molecule has 1 heterocycles. The van der Waals surface area contributed by atoms with Crippen molar-refractivity contribution in [2.45, 2.75) is 0 Å². The molecule has 2 aromatic rings. The number of hydrogen-bond acceptors (Lipinski definition) is 3. The molecule has 0 spiro atoms. The van der Waals surface area contributed by atoms with Crippen molar-refractivity contribution in [2.75, 3.05) is 0 Å². The zero-order valence-electron chi connectivity index (χ0n) is 8.31. The maximum Gasteiger partial charge on any atom is 0.491 e. The van der Waals surface area contributed by atoms with Gasteiger partial charge in [-0.05, 0) is 12.1 Å². The summed E-state index contributed by atoms with van der Waals surface area (Å²) in [4.78, 5) is 0. The predicted octanol–water partition coefficient (Wildman–Crippen LogP) is 1.51. The fourth-order valence-electron chi connectivity index (χ4n) is 1.35. The van der Waals surface area contributed by atoms with Gasteiger partial charge in [-0.3, -0.25) is 0 Å². The third-order valence-corrected chi connectivity index (χ3v) is 2.91. The van der Waals surface area contributed by atoms with Gasteiger partial charge in [-0.25, -0.2) is 4.68 Å². The Kier molecular flexibility index (Phi) is 3.65. The van der Waals surface area contributed by atoms with Crippen LogP contribution in [-0.4, -0.2) is 26.9 Å². The Labute approximate surface area is 112 Å². The zero-order chi connectivity index (χ0) is 12.6. The fourth-order valence-corrected chi connectivity index (χ4v) is 2.34. The molecule has 0 unspecified atom stereocenters. The Bertz CT molecular complexity index is 536. The summed E-state index contributed by atoms with van der Waals surface area (Å²) in [5.74, 6) is 0. The average Bonchev–Trinajstić information content (AvgIpc) is 2.65. The van der Waals surface area contributed by atoms with E-state index in [1.165, 1.54) is 29.2 Å². The van der Waals surface area contributed by atoms with Crippen LogP contribution in [0.25, 0.3) is 5.69 Å². The molecule has 2 rings (SSSR count).